The molecule has 1 saturated heterocycles. The van der Waals surface area contributed by atoms with E-state index in [1.165, 1.54) is 18.0 Å². The molecule has 2 unspecified atom stereocenters. The molecule has 1 aromatic heterocycles. The zero-order valence-electron chi connectivity index (χ0n) is 13.0. The number of sulfonamides is 1. The van der Waals surface area contributed by atoms with E-state index in [1.54, 1.807) is 0 Å². The molecular weight excluding hydrogens is 312 g/mol. The summed E-state index contributed by atoms with van der Waals surface area (Å²) in [4.78, 5) is 10.4. The van der Waals surface area contributed by atoms with Gasteiger partial charge >= 0.3 is 0 Å². The molecule has 0 amide bonds. The zero-order valence-corrected chi connectivity index (χ0v) is 13.8. The highest BCUT2D eigenvalue weighted by Crippen LogP contribution is 2.31. The maximum Gasteiger partial charge on any atom is 0.241 e. The van der Waals surface area contributed by atoms with Gasteiger partial charge in [0.2, 0.25) is 16.0 Å². The van der Waals surface area contributed by atoms with E-state index >= 15 is 0 Å². The number of benzene rings is 1. The lowest BCUT2D eigenvalue weighted by Gasteiger charge is -2.36. The third-order valence-corrected chi connectivity index (χ3v) is 5.02. The predicted octanol–water partition coefficient (Wildman–Crippen LogP) is 1.75. The molecule has 122 valence electrons. The van der Waals surface area contributed by atoms with Crippen LogP contribution in [0.25, 0.3) is 0 Å². The molecule has 0 radical (unpaired) electrons. The molecule has 1 aromatic carbocycles. The van der Waals surface area contributed by atoms with Gasteiger partial charge in [0.15, 0.2) is 0 Å². The minimum absolute atomic E-state index is 0.0640. The van der Waals surface area contributed by atoms with E-state index in [2.05, 4.69) is 46.1 Å². The van der Waals surface area contributed by atoms with Crippen LogP contribution >= 0.6 is 0 Å². The lowest BCUT2D eigenvalue weighted by atomic mass is 9.85. The van der Waals surface area contributed by atoms with Gasteiger partial charge in [-0.3, -0.25) is 0 Å². The Kier molecular flexibility index (Phi) is 4.32. The average Bonchev–Trinajstić information content (AvgIpc) is 2.54. The fraction of sp³-hybridized carbons (Fsp3) is 0.375. The maximum absolute atomic E-state index is 11.3. The van der Waals surface area contributed by atoms with Gasteiger partial charge in [-0.05, 0) is 17.9 Å². The summed E-state index contributed by atoms with van der Waals surface area (Å²) in [6.45, 7) is 3.89. The number of hydrogen-bond acceptors (Lipinski definition) is 5. The molecule has 2 N–H and O–H groups in total. The molecule has 7 heteroatoms. The van der Waals surface area contributed by atoms with E-state index in [0.717, 1.165) is 19.5 Å². The SMILES string of the molecule is CC1CC(c2ccccc2)CN(c2ncc(S(N)(=O)=O)cn2)C1. The summed E-state index contributed by atoms with van der Waals surface area (Å²) in [7, 11) is -3.76. The number of anilines is 1. The first-order valence-corrected chi connectivity index (χ1v) is 9.13. The van der Waals surface area contributed by atoms with Crippen molar-refractivity contribution in [1.82, 2.24) is 9.97 Å². The zero-order chi connectivity index (χ0) is 16.4. The molecule has 1 aliphatic heterocycles. The van der Waals surface area contributed by atoms with E-state index in [1.807, 2.05) is 6.07 Å². The molecule has 0 spiro atoms. The Bertz CT molecular complexity index is 762. The second kappa shape index (κ2) is 6.25. The van der Waals surface area contributed by atoms with Gasteiger partial charge in [0, 0.05) is 19.0 Å². The van der Waals surface area contributed by atoms with Gasteiger partial charge in [-0.25, -0.2) is 23.5 Å². The lowest BCUT2D eigenvalue weighted by molar-refractivity contribution is 0.398. The van der Waals surface area contributed by atoms with Crippen molar-refractivity contribution in [2.45, 2.75) is 24.2 Å². The van der Waals surface area contributed by atoms with E-state index in [0.29, 0.717) is 17.8 Å². The Balaban J connectivity index is 1.82. The number of nitrogens with zero attached hydrogens (tertiary/aromatic N) is 3. The fourth-order valence-electron chi connectivity index (χ4n) is 3.10. The Morgan fingerprint density at radius 3 is 2.39 bits per heavy atom. The minimum Gasteiger partial charge on any atom is -0.340 e. The van der Waals surface area contributed by atoms with E-state index < -0.39 is 10.0 Å². The Hall–Kier alpha value is -1.99. The second-order valence-electron chi connectivity index (χ2n) is 6.12. The Labute approximate surface area is 136 Å². The Morgan fingerprint density at radius 2 is 1.78 bits per heavy atom. The first kappa shape index (κ1) is 15.9. The molecule has 3 rings (SSSR count). The summed E-state index contributed by atoms with van der Waals surface area (Å²) < 4.78 is 22.6. The topological polar surface area (TPSA) is 89.2 Å². The molecule has 0 aliphatic carbocycles. The first-order valence-electron chi connectivity index (χ1n) is 7.58. The van der Waals surface area contributed by atoms with Gasteiger partial charge in [0.1, 0.15) is 4.90 Å². The van der Waals surface area contributed by atoms with Crippen LogP contribution in [0.5, 0.6) is 0 Å². The van der Waals surface area contributed by atoms with Crippen LogP contribution in [0.3, 0.4) is 0 Å². The Morgan fingerprint density at radius 1 is 1.13 bits per heavy atom. The van der Waals surface area contributed by atoms with Crippen molar-refractivity contribution in [2.24, 2.45) is 11.1 Å². The summed E-state index contributed by atoms with van der Waals surface area (Å²) in [5, 5.41) is 5.08. The van der Waals surface area contributed by atoms with Crippen LogP contribution in [0.1, 0.15) is 24.8 Å². The van der Waals surface area contributed by atoms with Crippen LogP contribution in [-0.4, -0.2) is 31.5 Å². The van der Waals surface area contributed by atoms with Crippen LogP contribution in [0.15, 0.2) is 47.6 Å². The molecule has 1 fully saturated rings. The van der Waals surface area contributed by atoms with Crippen LogP contribution < -0.4 is 10.0 Å². The van der Waals surface area contributed by atoms with Crippen LogP contribution in [-0.2, 0) is 10.0 Å². The van der Waals surface area contributed by atoms with Gasteiger partial charge in [-0.1, -0.05) is 37.3 Å². The van der Waals surface area contributed by atoms with Crippen LogP contribution in [0, 0.1) is 5.92 Å². The molecule has 2 heterocycles. The smallest absolute Gasteiger partial charge is 0.241 e. The molecular formula is C16H20N4O2S. The molecule has 0 bridgehead atoms. The summed E-state index contributed by atoms with van der Waals surface area (Å²) in [6, 6.07) is 10.4. The average molecular weight is 332 g/mol. The first-order chi connectivity index (χ1) is 10.9. The fourth-order valence-corrected chi connectivity index (χ4v) is 3.50. The number of primary sulfonamides is 1. The van der Waals surface area contributed by atoms with Crippen molar-refractivity contribution in [1.29, 1.82) is 0 Å². The highest BCUT2D eigenvalue weighted by molar-refractivity contribution is 7.89. The number of aromatic nitrogens is 2. The number of piperidine rings is 1. The van der Waals surface area contributed by atoms with E-state index in [-0.39, 0.29) is 4.90 Å². The summed E-state index contributed by atoms with van der Waals surface area (Å²) in [5.41, 5.74) is 1.31. The highest BCUT2D eigenvalue weighted by atomic mass is 32.2. The van der Waals surface area contributed by atoms with E-state index in [9.17, 15) is 8.42 Å². The third-order valence-electron chi connectivity index (χ3n) is 4.16. The highest BCUT2D eigenvalue weighted by Gasteiger charge is 2.27. The molecule has 23 heavy (non-hydrogen) atoms. The lowest BCUT2D eigenvalue weighted by Crippen LogP contribution is -2.39. The predicted molar refractivity (Wildman–Crippen MR) is 88.6 cm³/mol. The number of hydrogen-bond donors (Lipinski definition) is 1. The number of rotatable bonds is 3. The minimum atomic E-state index is -3.76. The van der Waals surface area contributed by atoms with Crippen molar-refractivity contribution in [3.05, 3.63) is 48.3 Å². The van der Waals surface area contributed by atoms with E-state index in [4.69, 9.17) is 5.14 Å². The number of nitrogens with two attached hydrogens (primary N) is 1. The van der Waals surface area contributed by atoms with Gasteiger partial charge < -0.3 is 4.90 Å². The van der Waals surface area contributed by atoms with Crippen molar-refractivity contribution in [3.8, 4) is 0 Å². The van der Waals surface area contributed by atoms with Gasteiger partial charge in [-0.15, -0.1) is 0 Å². The van der Waals surface area contributed by atoms with Gasteiger partial charge in [0.25, 0.3) is 0 Å². The van der Waals surface area contributed by atoms with Crippen molar-refractivity contribution < 1.29 is 8.42 Å². The summed E-state index contributed by atoms with van der Waals surface area (Å²) in [6.07, 6.45) is 3.67. The molecule has 2 aromatic rings. The monoisotopic (exact) mass is 332 g/mol. The van der Waals surface area contributed by atoms with Gasteiger partial charge in [-0.2, -0.15) is 0 Å². The molecule has 6 nitrogen and oxygen atoms in total. The molecule has 0 saturated carbocycles. The molecule has 2 atom stereocenters. The third kappa shape index (κ3) is 3.68. The van der Waals surface area contributed by atoms with Crippen LogP contribution in [0.2, 0.25) is 0 Å². The van der Waals surface area contributed by atoms with Crippen molar-refractivity contribution in [2.75, 3.05) is 18.0 Å². The quantitative estimate of drug-likeness (QED) is 0.925. The van der Waals surface area contributed by atoms with Gasteiger partial charge in [0.05, 0.1) is 12.4 Å². The summed E-state index contributed by atoms with van der Waals surface area (Å²) in [5.74, 6) is 1.47. The standard InChI is InChI=1S/C16H20N4O2S/c1-12-7-14(13-5-3-2-4-6-13)11-20(10-12)16-18-8-15(9-19-16)23(17,21)22/h2-6,8-9,12,14H,7,10-11H2,1H3,(H2,17,21,22). The normalized spacial score (nSPS) is 22.1. The summed E-state index contributed by atoms with van der Waals surface area (Å²) >= 11 is 0. The maximum atomic E-state index is 11.3. The second-order valence-corrected chi connectivity index (χ2v) is 7.68. The van der Waals surface area contributed by atoms with Crippen molar-refractivity contribution in [3.63, 3.8) is 0 Å². The molecule has 1 aliphatic rings. The largest absolute Gasteiger partial charge is 0.340 e. The van der Waals surface area contributed by atoms with Crippen LogP contribution in [0.4, 0.5) is 5.95 Å². The van der Waals surface area contributed by atoms with Crippen molar-refractivity contribution >= 4 is 16.0 Å².